The van der Waals surface area contributed by atoms with Crippen LogP contribution in [-0.4, -0.2) is 38.0 Å². The van der Waals surface area contributed by atoms with Crippen LogP contribution in [0.3, 0.4) is 0 Å². The van der Waals surface area contributed by atoms with Gasteiger partial charge < -0.3 is 19.0 Å². The van der Waals surface area contributed by atoms with Crippen molar-refractivity contribution in [2.24, 2.45) is 0 Å². The Kier molecular flexibility index (Phi) is 5.62. The van der Waals surface area contributed by atoms with E-state index in [-0.39, 0.29) is 11.1 Å². The summed E-state index contributed by atoms with van der Waals surface area (Å²) in [4.78, 5) is 0. The molecule has 1 aromatic rings. The van der Waals surface area contributed by atoms with Crippen LogP contribution in [0.1, 0.15) is 46.3 Å². The molecule has 0 unspecified atom stereocenters. The highest BCUT2D eigenvalue weighted by molar-refractivity contribution is 6.74. The van der Waals surface area contributed by atoms with Crippen molar-refractivity contribution in [3.8, 4) is 0 Å². The summed E-state index contributed by atoms with van der Waals surface area (Å²) >= 11 is 0. The molecule has 2 rings (SSSR count). The average molecular weight is 353 g/mol. The minimum atomic E-state index is -1.88. The Labute approximate surface area is 147 Å². The predicted molar refractivity (Wildman–Crippen MR) is 98.4 cm³/mol. The molecule has 136 valence electrons. The molecular weight excluding hydrogens is 320 g/mol. The number of aliphatic hydroxyl groups excluding tert-OH is 1. The number of ether oxygens (including phenoxy) is 2. The number of aliphatic hydroxyl groups is 1. The van der Waals surface area contributed by atoms with E-state index in [4.69, 9.17) is 13.9 Å². The van der Waals surface area contributed by atoms with Crippen molar-refractivity contribution < 1.29 is 19.0 Å². The van der Waals surface area contributed by atoms with E-state index >= 15 is 0 Å². The Morgan fingerprint density at radius 3 is 2.29 bits per heavy atom. The molecule has 4 nitrogen and oxygen atoms in total. The maximum Gasteiger partial charge on any atom is 0.192 e. The zero-order chi connectivity index (χ0) is 18.2. The molecule has 1 fully saturated rings. The van der Waals surface area contributed by atoms with Gasteiger partial charge in [0.25, 0.3) is 0 Å². The van der Waals surface area contributed by atoms with Crippen LogP contribution in [0.25, 0.3) is 0 Å². The molecular formula is C19H32O4Si. The molecule has 1 aliphatic heterocycles. The molecule has 1 aromatic carbocycles. The van der Waals surface area contributed by atoms with Crippen molar-refractivity contribution >= 4 is 8.32 Å². The molecule has 0 spiro atoms. The van der Waals surface area contributed by atoms with Gasteiger partial charge in [-0.2, -0.15) is 0 Å². The van der Waals surface area contributed by atoms with Gasteiger partial charge in [0.15, 0.2) is 14.1 Å². The summed E-state index contributed by atoms with van der Waals surface area (Å²) in [6, 6.07) is 9.59. The lowest BCUT2D eigenvalue weighted by atomic mass is 10.0. The summed E-state index contributed by atoms with van der Waals surface area (Å²) in [5.41, 5.74) is 0.834. The van der Waals surface area contributed by atoms with E-state index in [0.29, 0.717) is 6.61 Å². The number of benzene rings is 1. The van der Waals surface area contributed by atoms with Crippen molar-refractivity contribution in [3.63, 3.8) is 0 Å². The summed E-state index contributed by atoms with van der Waals surface area (Å²) in [6.07, 6.45) is -1.46. The normalized spacial score (nSPS) is 25.7. The summed E-state index contributed by atoms with van der Waals surface area (Å²) in [6.45, 7) is 15.3. The standard InChI is InChI=1S/C19H32O4Si/c1-18(2,3)24(6,7)21-13-15-17(23-19(4,5)22-15)16(20)14-11-9-8-10-12-14/h8-12,15-17,20H,13H2,1-7H3/t15-,16+,17+/m1/s1. The van der Waals surface area contributed by atoms with Crippen LogP contribution in [0.4, 0.5) is 0 Å². The minimum absolute atomic E-state index is 0.134. The van der Waals surface area contributed by atoms with E-state index in [1.54, 1.807) is 0 Å². The van der Waals surface area contributed by atoms with Gasteiger partial charge in [0.1, 0.15) is 18.3 Å². The lowest BCUT2D eigenvalue weighted by Gasteiger charge is -2.37. The molecule has 0 bridgehead atoms. The fraction of sp³-hybridized carbons (Fsp3) is 0.684. The fourth-order valence-corrected chi connectivity index (χ4v) is 3.62. The Morgan fingerprint density at radius 2 is 1.75 bits per heavy atom. The van der Waals surface area contributed by atoms with Gasteiger partial charge in [-0.05, 0) is 37.5 Å². The van der Waals surface area contributed by atoms with E-state index in [2.05, 4.69) is 33.9 Å². The molecule has 24 heavy (non-hydrogen) atoms. The first kappa shape index (κ1) is 19.6. The van der Waals surface area contributed by atoms with Gasteiger partial charge in [0.05, 0.1) is 6.61 Å². The van der Waals surface area contributed by atoms with E-state index in [9.17, 15) is 5.11 Å². The second-order valence-corrected chi connectivity index (χ2v) is 13.4. The van der Waals surface area contributed by atoms with Crippen LogP contribution in [0, 0.1) is 0 Å². The average Bonchev–Trinajstić information content (AvgIpc) is 2.79. The monoisotopic (exact) mass is 352 g/mol. The summed E-state index contributed by atoms with van der Waals surface area (Å²) in [5.74, 6) is -0.720. The van der Waals surface area contributed by atoms with Crippen LogP contribution in [0.2, 0.25) is 18.1 Å². The van der Waals surface area contributed by atoms with Crippen LogP contribution in [0.5, 0.6) is 0 Å². The van der Waals surface area contributed by atoms with Crippen LogP contribution < -0.4 is 0 Å². The third-order valence-corrected chi connectivity index (χ3v) is 9.59. The molecule has 0 radical (unpaired) electrons. The molecule has 0 saturated carbocycles. The lowest BCUT2D eigenvalue weighted by molar-refractivity contribution is -0.157. The van der Waals surface area contributed by atoms with Gasteiger partial charge in [-0.3, -0.25) is 0 Å². The Balaban J connectivity index is 2.12. The molecule has 1 aliphatic rings. The first-order chi connectivity index (χ1) is 10.9. The van der Waals surface area contributed by atoms with E-state index < -0.39 is 26.3 Å². The van der Waals surface area contributed by atoms with E-state index in [1.165, 1.54) is 0 Å². The number of rotatable bonds is 5. The second kappa shape index (κ2) is 6.88. The second-order valence-electron chi connectivity index (χ2n) is 8.57. The summed E-state index contributed by atoms with van der Waals surface area (Å²) in [5, 5.41) is 10.9. The molecule has 1 heterocycles. The van der Waals surface area contributed by atoms with Gasteiger partial charge in [0.2, 0.25) is 0 Å². The van der Waals surface area contributed by atoms with Crippen molar-refractivity contribution in [1.29, 1.82) is 0 Å². The van der Waals surface area contributed by atoms with Crippen molar-refractivity contribution in [2.75, 3.05) is 6.61 Å². The highest BCUT2D eigenvalue weighted by atomic mass is 28.4. The Morgan fingerprint density at radius 1 is 1.17 bits per heavy atom. The maximum absolute atomic E-state index is 10.8. The van der Waals surface area contributed by atoms with Crippen LogP contribution in [0.15, 0.2) is 30.3 Å². The van der Waals surface area contributed by atoms with Crippen LogP contribution in [-0.2, 0) is 13.9 Å². The van der Waals surface area contributed by atoms with Crippen molar-refractivity contribution in [2.45, 2.75) is 76.8 Å². The van der Waals surface area contributed by atoms with Gasteiger partial charge in [-0.1, -0.05) is 51.1 Å². The van der Waals surface area contributed by atoms with Gasteiger partial charge in [-0.15, -0.1) is 0 Å². The molecule has 3 atom stereocenters. The lowest BCUT2D eigenvalue weighted by Crippen LogP contribution is -2.44. The number of hydrogen-bond acceptors (Lipinski definition) is 4. The van der Waals surface area contributed by atoms with E-state index in [0.717, 1.165) is 5.56 Å². The third-order valence-electron chi connectivity index (χ3n) is 5.09. The first-order valence-corrected chi connectivity index (χ1v) is 11.6. The third kappa shape index (κ3) is 4.46. The van der Waals surface area contributed by atoms with Crippen LogP contribution >= 0.6 is 0 Å². The SMILES string of the molecule is CC1(C)O[C@H]([C@@H](O)c2ccccc2)[C@@H](CO[Si](C)(C)C(C)(C)C)O1. The minimum Gasteiger partial charge on any atom is -0.414 e. The van der Waals surface area contributed by atoms with E-state index in [1.807, 2.05) is 44.2 Å². The van der Waals surface area contributed by atoms with Crippen molar-refractivity contribution in [3.05, 3.63) is 35.9 Å². The maximum atomic E-state index is 10.8. The highest BCUT2D eigenvalue weighted by Gasteiger charge is 2.47. The molecule has 1 saturated heterocycles. The molecule has 0 amide bonds. The number of hydrogen-bond donors (Lipinski definition) is 1. The molecule has 0 aliphatic carbocycles. The predicted octanol–water partition coefficient (Wildman–Crippen LogP) is 4.26. The van der Waals surface area contributed by atoms with Gasteiger partial charge in [0, 0.05) is 0 Å². The summed E-state index contributed by atoms with van der Waals surface area (Å²) in [7, 11) is -1.88. The zero-order valence-electron chi connectivity index (χ0n) is 16.0. The molecule has 1 N–H and O–H groups in total. The zero-order valence-corrected chi connectivity index (χ0v) is 17.0. The highest BCUT2D eigenvalue weighted by Crippen LogP contribution is 2.39. The topological polar surface area (TPSA) is 47.9 Å². The summed E-state index contributed by atoms with van der Waals surface area (Å²) < 4.78 is 18.3. The largest absolute Gasteiger partial charge is 0.414 e. The first-order valence-electron chi connectivity index (χ1n) is 8.65. The Bertz CT molecular complexity index is 536. The Hall–Kier alpha value is -0.723. The smallest absolute Gasteiger partial charge is 0.192 e. The fourth-order valence-electron chi connectivity index (χ4n) is 2.61. The van der Waals surface area contributed by atoms with Gasteiger partial charge in [-0.25, -0.2) is 0 Å². The molecule has 0 aromatic heterocycles. The van der Waals surface area contributed by atoms with Crippen molar-refractivity contribution in [1.82, 2.24) is 0 Å². The molecule has 5 heteroatoms. The quantitative estimate of drug-likeness (QED) is 0.804. The van der Waals surface area contributed by atoms with Gasteiger partial charge >= 0.3 is 0 Å².